The molecule has 0 bridgehead atoms. The van der Waals surface area contributed by atoms with E-state index in [-0.39, 0.29) is 0 Å². The lowest BCUT2D eigenvalue weighted by atomic mass is 10.2. The van der Waals surface area contributed by atoms with Gasteiger partial charge in [-0.2, -0.15) is 0 Å². The molecule has 0 saturated heterocycles. The van der Waals surface area contributed by atoms with Crippen LogP contribution in [0.4, 0.5) is 5.69 Å². The van der Waals surface area contributed by atoms with Crippen molar-refractivity contribution < 1.29 is 5.11 Å². The molecule has 0 aliphatic carbocycles. The Morgan fingerprint density at radius 1 is 1.25 bits per heavy atom. The molecule has 0 unspecified atom stereocenters. The summed E-state index contributed by atoms with van der Waals surface area (Å²) in [6.07, 6.45) is 1.99. The van der Waals surface area contributed by atoms with Crippen molar-refractivity contribution in [3.63, 3.8) is 0 Å². The van der Waals surface area contributed by atoms with Crippen LogP contribution in [0, 0.1) is 6.92 Å². The van der Waals surface area contributed by atoms with Gasteiger partial charge in [0.15, 0.2) is 0 Å². The Labute approximate surface area is 120 Å². The summed E-state index contributed by atoms with van der Waals surface area (Å²) in [6.45, 7) is 4.67. The lowest BCUT2D eigenvalue weighted by molar-refractivity contribution is 0.169. The first kappa shape index (κ1) is 14.5. The van der Waals surface area contributed by atoms with Crippen LogP contribution in [0.25, 0.3) is 0 Å². The Kier molecular flexibility index (Phi) is 4.69. The number of aromatic nitrogens is 2. The molecule has 4 nitrogen and oxygen atoms in total. The molecule has 0 aromatic carbocycles. The van der Waals surface area contributed by atoms with E-state index in [4.69, 9.17) is 0 Å². The molecule has 4 heteroatoms. The summed E-state index contributed by atoms with van der Waals surface area (Å²) < 4.78 is 0. The van der Waals surface area contributed by atoms with Crippen molar-refractivity contribution in [2.75, 3.05) is 11.9 Å². The first-order valence-electron chi connectivity index (χ1n) is 6.88. The molecule has 1 atom stereocenters. The van der Waals surface area contributed by atoms with Crippen molar-refractivity contribution in [3.8, 4) is 0 Å². The van der Waals surface area contributed by atoms with Crippen molar-refractivity contribution in [1.29, 1.82) is 0 Å². The molecule has 2 aromatic rings. The van der Waals surface area contributed by atoms with Crippen LogP contribution in [0.1, 0.15) is 36.5 Å². The zero-order valence-electron chi connectivity index (χ0n) is 12.2. The Balaban J connectivity index is 2.07. The zero-order chi connectivity index (χ0) is 14.5. The first-order valence-corrected chi connectivity index (χ1v) is 6.88. The van der Waals surface area contributed by atoms with E-state index in [1.165, 1.54) is 0 Å². The highest BCUT2D eigenvalue weighted by Gasteiger charge is 2.08. The molecule has 0 aliphatic heterocycles. The van der Waals surface area contributed by atoms with Crippen molar-refractivity contribution in [3.05, 3.63) is 53.6 Å². The second-order valence-electron chi connectivity index (χ2n) is 4.99. The van der Waals surface area contributed by atoms with Crippen molar-refractivity contribution in [2.24, 2.45) is 0 Å². The van der Waals surface area contributed by atoms with Gasteiger partial charge < -0.3 is 10.0 Å². The predicted octanol–water partition coefficient (Wildman–Crippen LogP) is 2.86. The van der Waals surface area contributed by atoms with Gasteiger partial charge in [-0.25, -0.2) is 0 Å². The van der Waals surface area contributed by atoms with E-state index in [2.05, 4.69) is 14.9 Å². The second-order valence-corrected chi connectivity index (χ2v) is 4.99. The van der Waals surface area contributed by atoms with Gasteiger partial charge >= 0.3 is 0 Å². The van der Waals surface area contributed by atoms with Crippen LogP contribution in [-0.2, 0) is 6.54 Å². The van der Waals surface area contributed by atoms with E-state index in [0.29, 0.717) is 6.42 Å². The Bertz CT molecular complexity index is 554. The van der Waals surface area contributed by atoms with Crippen LogP contribution in [0.2, 0.25) is 0 Å². The fourth-order valence-electron chi connectivity index (χ4n) is 2.05. The van der Waals surface area contributed by atoms with Crippen LogP contribution in [0.3, 0.4) is 0 Å². The fourth-order valence-corrected chi connectivity index (χ4v) is 2.05. The summed E-state index contributed by atoms with van der Waals surface area (Å²) in [6, 6.07) is 9.89. The molecule has 2 heterocycles. The Morgan fingerprint density at radius 3 is 2.65 bits per heavy atom. The van der Waals surface area contributed by atoms with E-state index in [9.17, 15) is 5.11 Å². The number of anilines is 1. The van der Waals surface area contributed by atoms with E-state index in [0.717, 1.165) is 29.3 Å². The molecule has 1 N–H and O–H groups in total. The molecule has 0 amide bonds. The standard InChI is InChI=1S/C16H21N3O/c1-4-16(20)15-9-8-14(10-17-15)19(3)11-13-7-5-6-12(2)18-13/h5-10,16,20H,4,11H2,1-3H3/t16-/m0/s1. The topological polar surface area (TPSA) is 49.2 Å². The summed E-state index contributed by atoms with van der Waals surface area (Å²) in [5.41, 5.74) is 3.79. The largest absolute Gasteiger partial charge is 0.387 e. The van der Waals surface area contributed by atoms with Gasteiger partial charge in [0.25, 0.3) is 0 Å². The third-order valence-corrected chi connectivity index (χ3v) is 3.28. The van der Waals surface area contributed by atoms with E-state index in [1.54, 1.807) is 6.20 Å². The summed E-state index contributed by atoms with van der Waals surface area (Å²) in [4.78, 5) is 10.9. The number of hydrogen-bond acceptors (Lipinski definition) is 4. The molecular weight excluding hydrogens is 250 g/mol. The van der Waals surface area contributed by atoms with E-state index < -0.39 is 6.10 Å². The van der Waals surface area contributed by atoms with Crippen LogP contribution in [0.15, 0.2) is 36.5 Å². The normalized spacial score (nSPS) is 12.2. The molecular formula is C16H21N3O. The van der Waals surface area contributed by atoms with Crippen LogP contribution >= 0.6 is 0 Å². The van der Waals surface area contributed by atoms with Gasteiger partial charge in [0.2, 0.25) is 0 Å². The fraction of sp³-hybridized carbons (Fsp3) is 0.375. The SMILES string of the molecule is CC[C@H](O)c1ccc(N(C)Cc2cccc(C)n2)cn1. The van der Waals surface area contributed by atoms with Gasteiger partial charge in [0, 0.05) is 12.7 Å². The van der Waals surface area contributed by atoms with Crippen LogP contribution in [-0.4, -0.2) is 22.1 Å². The van der Waals surface area contributed by atoms with Gasteiger partial charge in [0.05, 0.1) is 35.9 Å². The number of hydrogen-bond donors (Lipinski definition) is 1. The molecule has 0 spiro atoms. The summed E-state index contributed by atoms with van der Waals surface area (Å²) in [7, 11) is 2.01. The predicted molar refractivity (Wildman–Crippen MR) is 80.6 cm³/mol. The van der Waals surface area contributed by atoms with E-state index >= 15 is 0 Å². The van der Waals surface area contributed by atoms with Crippen LogP contribution in [0.5, 0.6) is 0 Å². The first-order chi connectivity index (χ1) is 9.60. The van der Waals surface area contributed by atoms with Crippen molar-refractivity contribution >= 4 is 5.69 Å². The summed E-state index contributed by atoms with van der Waals surface area (Å²) >= 11 is 0. The van der Waals surface area contributed by atoms with Gasteiger partial charge in [-0.3, -0.25) is 9.97 Å². The number of pyridine rings is 2. The van der Waals surface area contributed by atoms with Crippen molar-refractivity contribution in [2.45, 2.75) is 32.9 Å². The summed E-state index contributed by atoms with van der Waals surface area (Å²) in [5.74, 6) is 0. The van der Waals surface area contributed by atoms with Crippen LogP contribution < -0.4 is 4.90 Å². The van der Waals surface area contributed by atoms with Crippen molar-refractivity contribution in [1.82, 2.24) is 9.97 Å². The quantitative estimate of drug-likeness (QED) is 0.908. The minimum atomic E-state index is -0.479. The maximum absolute atomic E-state index is 9.74. The minimum Gasteiger partial charge on any atom is -0.387 e. The van der Waals surface area contributed by atoms with Gasteiger partial charge in [0.1, 0.15) is 0 Å². The smallest absolute Gasteiger partial charge is 0.0957 e. The molecule has 2 aromatic heterocycles. The molecule has 0 fully saturated rings. The molecule has 0 radical (unpaired) electrons. The highest BCUT2D eigenvalue weighted by Crippen LogP contribution is 2.18. The second kappa shape index (κ2) is 6.48. The van der Waals surface area contributed by atoms with Gasteiger partial charge in [-0.1, -0.05) is 13.0 Å². The molecule has 20 heavy (non-hydrogen) atoms. The lowest BCUT2D eigenvalue weighted by Gasteiger charge is -2.19. The molecule has 0 saturated carbocycles. The average Bonchev–Trinajstić information content (AvgIpc) is 2.46. The Morgan fingerprint density at radius 2 is 2.05 bits per heavy atom. The third-order valence-electron chi connectivity index (χ3n) is 3.28. The third kappa shape index (κ3) is 3.54. The maximum Gasteiger partial charge on any atom is 0.0957 e. The zero-order valence-corrected chi connectivity index (χ0v) is 12.2. The lowest BCUT2D eigenvalue weighted by Crippen LogP contribution is -2.17. The summed E-state index contributed by atoms with van der Waals surface area (Å²) in [5, 5.41) is 9.74. The van der Waals surface area contributed by atoms with Gasteiger partial charge in [-0.05, 0) is 37.6 Å². The highest BCUT2D eigenvalue weighted by molar-refractivity contribution is 5.44. The number of aryl methyl sites for hydroxylation is 1. The van der Waals surface area contributed by atoms with E-state index in [1.807, 2.05) is 51.2 Å². The number of aliphatic hydroxyl groups excluding tert-OH is 1. The Hall–Kier alpha value is -1.94. The number of rotatable bonds is 5. The average molecular weight is 271 g/mol. The number of aliphatic hydroxyl groups is 1. The minimum absolute atomic E-state index is 0.479. The maximum atomic E-state index is 9.74. The molecule has 2 rings (SSSR count). The molecule has 0 aliphatic rings. The number of nitrogens with zero attached hydrogens (tertiary/aromatic N) is 3. The molecule has 106 valence electrons. The highest BCUT2D eigenvalue weighted by atomic mass is 16.3. The monoisotopic (exact) mass is 271 g/mol. The van der Waals surface area contributed by atoms with Gasteiger partial charge in [-0.15, -0.1) is 0 Å².